The van der Waals surface area contributed by atoms with E-state index in [9.17, 15) is 29.1 Å². The van der Waals surface area contributed by atoms with Gasteiger partial charge < -0.3 is 31.3 Å². The van der Waals surface area contributed by atoms with Crippen LogP contribution in [-0.4, -0.2) is 88.8 Å². The SMILES string of the molecule is CC[C@H](C)[C@H](NC(=O)[C@@H]1CCCN1C(=O)CN)C(=O)NCC(=O)N1CCC[C@H]1C(=O)O. The fraction of sp³-hybridized carbons (Fsp3) is 0.750. The molecule has 4 atom stereocenters. The number of hydrogen-bond acceptors (Lipinski definition) is 6. The van der Waals surface area contributed by atoms with Gasteiger partial charge in [-0.3, -0.25) is 19.2 Å². The van der Waals surface area contributed by atoms with Crippen LogP contribution in [0.4, 0.5) is 0 Å². The standard InChI is InChI=1S/C20H33N5O6/c1-3-12(2)17(23-18(28)13-6-4-8-24(13)15(26)10-21)19(29)22-11-16(27)25-9-5-7-14(25)20(30)31/h12-14,17H,3-11,21H2,1-2H3,(H,22,29)(H,23,28)(H,30,31)/t12-,13-,14-,17-/m0/s1. The molecule has 0 spiro atoms. The van der Waals surface area contributed by atoms with Crippen molar-refractivity contribution in [1.29, 1.82) is 0 Å². The van der Waals surface area contributed by atoms with Gasteiger partial charge in [-0.15, -0.1) is 0 Å². The summed E-state index contributed by atoms with van der Waals surface area (Å²) in [6, 6.07) is -2.42. The maximum atomic E-state index is 12.8. The molecule has 2 aliphatic rings. The highest BCUT2D eigenvalue weighted by Gasteiger charge is 2.37. The fourth-order valence-corrected chi connectivity index (χ4v) is 4.10. The highest BCUT2D eigenvalue weighted by molar-refractivity contribution is 5.94. The van der Waals surface area contributed by atoms with Gasteiger partial charge in [0, 0.05) is 13.1 Å². The zero-order valence-corrected chi connectivity index (χ0v) is 18.1. The van der Waals surface area contributed by atoms with Crippen LogP contribution < -0.4 is 16.4 Å². The molecule has 11 nitrogen and oxygen atoms in total. The number of nitrogens with one attached hydrogen (secondary N) is 2. The zero-order chi connectivity index (χ0) is 23.1. The smallest absolute Gasteiger partial charge is 0.326 e. The molecule has 0 aromatic carbocycles. The number of rotatable bonds is 9. The van der Waals surface area contributed by atoms with Crippen LogP contribution >= 0.6 is 0 Å². The minimum absolute atomic E-state index is 0.186. The Balaban J connectivity index is 1.99. The van der Waals surface area contributed by atoms with Gasteiger partial charge in [0.15, 0.2) is 0 Å². The number of likely N-dealkylation sites (tertiary alicyclic amines) is 2. The van der Waals surface area contributed by atoms with Crippen molar-refractivity contribution in [2.45, 2.75) is 64.1 Å². The second-order valence-corrected chi connectivity index (χ2v) is 8.12. The lowest BCUT2D eigenvalue weighted by atomic mass is 9.97. The zero-order valence-electron chi connectivity index (χ0n) is 18.1. The van der Waals surface area contributed by atoms with Crippen molar-refractivity contribution in [3.63, 3.8) is 0 Å². The third-order valence-electron chi connectivity index (χ3n) is 6.12. The molecule has 0 aromatic heterocycles. The van der Waals surface area contributed by atoms with Gasteiger partial charge in [-0.25, -0.2) is 4.79 Å². The molecule has 11 heteroatoms. The average Bonchev–Trinajstić information content (AvgIpc) is 3.44. The van der Waals surface area contributed by atoms with Crippen LogP contribution in [0.15, 0.2) is 0 Å². The number of amides is 4. The van der Waals surface area contributed by atoms with Crippen LogP contribution in [0.3, 0.4) is 0 Å². The highest BCUT2D eigenvalue weighted by Crippen LogP contribution is 2.19. The fourth-order valence-electron chi connectivity index (χ4n) is 4.10. The summed E-state index contributed by atoms with van der Waals surface area (Å²) in [4.78, 5) is 63.9. The Hall–Kier alpha value is -2.69. The van der Waals surface area contributed by atoms with Crippen molar-refractivity contribution >= 4 is 29.6 Å². The largest absolute Gasteiger partial charge is 0.480 e. The number of nitrogens with zero attached hydrogens (tertiary/aromatic N) is 2. The maximum Gasteiger partial charge on any atom is 0.326 e. The van der Waals surface area contributed by atoms with Crippen LogP contribution in [0.2, 0.25) is 0 Å². The normalized spacial score (nSPS) is 22.7. The van der Waals surface area contributed by atoms with Gasteiger partial charge in [-0.05, 0) is 31.6 Å². The lowest BCUT2D eigenvalue weighted by Gasteiger charge is -2.28. The molecule has 4 amide bonds. The molecule has 2 saturated heterocycles. The number of carboxylic acids is 1. The monoisotopic (exact) mass is 439 g/mol. The minimum atomic E-state index is -1.06. The quantitative estimate of drug-likeness (QED) is 0.345. The van der Waals surface area contributed by atoms with E-state index in [2.05, 4.69) is 10.6 Å². The van der Waals surface area contributed by atoms with Gasteiger partial charge in [0.1, 0.15) is 18.1 Å². The van der Waals surface area contributed by atoms with E-state index in [1.54, 1.807) is 0 Å². The lowest BCUT2D eigenvalue weighted by molar-refractivity contribution is -0.148. The number of hydrogen-bond donors (Lipinski definition) is 4. The van der Waals surface area contributed by atoms with E-state index in [4.69, 9.17) is 5.73 Å². The van der Waals surface area contributed by atoms with E-state index in [0.717, 1.165) is 0 Å². The molecule has 174 valence electrons. The van der Waals surface area contributed by atoms with Gasteiger partial charge >= 0.3 is 5.97 Å². The summed E-state index contributed by atoms with van der Waals surface area (Å²) in [7, 11) is 0. The first kappa shape index (κ1) is 24.6. The number of carbonyl (C=O) groups excluding carboxylic acids is 4. The van der Waals surface area contributed by atoms with Crippen LogP contribution in [0.5, 0.6) is 0 Å². The number of nitrogens with two attached hydrogens (primary N) is 1. The van der Waals surface area contributed by atoms with Gasteiger partial charge in [-0.2, -0.15) is 0 Å². The topological polar surface area (TPSA) is 162 Å². The molecule has 2 rings (SSSR count). The Morgan fingerprint density at radius 3 is 2.16 bits per heavy atom. The van der Waals surface area contributed by atoms with E-state index in [1.165, 1.54) is 9.80 Å². The van der Waals surface area contributed by atoms with Crippen LogP contribution in [0, 0.1) is 5.92 Å². The van der Waals surface area contributed by atoms with E-state index in [1.807, 2.05) is 13.8 Å². The van der Waals surface area contributed by atoms with Crippen molar-refractivity contribution in [3.8, 4) is 0 Å². The summed E-state index contributed by atoms with van der Waals surface area (Å²) in [5, 5.41) is 14.5. The minimum Gasteiger partial charge on any atom is -0.480 e. The third-order valence-corrected chi connectivity index (χ3v) is 6.12. The van der Waals surface area contributed by atoms with Gasteiger partial charge in [-0.1, -0.05) is 20.3 Å². The summed E-state index contributed by atoms with van der Waals surface area (Å²) in [5.74, 6) is -2.99. The molecule has 0 aliphatic carbocycles. The molecule has 2 heterocycles. The van der Waals surface area contributed by atoms with Crippen LogP contribution in [0.25, 0.3) is 0 Å². The molecule has 2 aliphatic heterocycles. The van der Waals surface area contributed by atoms with Gasteiger partial charge in [0.25, 0.3) is 0 Å². The number of aliphatic carboxylic acids is 1. The van der Waals surface area contributed by atoms with Crippen molar-refractivity contribution in [3.05, 3.63) is 0 Å². The van der Waals surface area contributed by atoms with Crippen molar-refractivity contribution in [2.24, 2.45) is 11.7 Å². The first-order chi connectivity index (χ1) is 14.7. The Bertz CT molecular complexity index is 714. The molecule has 0 saturated carbocycles. The summed E-state index contributed by atoms with van der Waals surface area (Å²) in [5.41, 5.74) is 5.42. The molecule has 0 bridgehead atoms. The van der Waals surface area contributed by atoms with Crippen molar-refractivity contribution < 1.29 is 29.1 Å². The van der Waals surface area contributed by atoms with Crippen LogP contribution in [0.1, 0.15) is 46.0 Å². The summed E-state index contributed by atoms with van der Waals surface area (Å²) in [6.45, 7) is 3.95. The average molecular weight is 440 g/mol. The van der Waals surface area contributed by atoms with E-state index < -0.39 is 41.8 Å². The first-order valence-electron chi connectivity index (χ1n) is 10.8. The summed E-state index contributed by atoms with van der Waals surface area (Å²) >= 11 is 0. The predicted octanol–water partition coefficient (Wildman–Crippen LogP) is -1.34. The lowest BCUT2D eigenvalue weighted by Crippen LogP contribution is -2.56. The molecular weight excluding hydrogens is 406 g/mol. The second-order valence-electron chi connectivity index (χ2n) is 8.12. The number of carboxylic acid groups (broad SMARTS) is 1. The Labute approximate surface area is 181 Å². The molecule has 0 radical (unpaired) electrons. The molecule has 0 aromatic rings. The molecule has 5 N–H and O–H groups in total. The number of carbonyl (C=O) groups is 5. The molecular formula is C20H33N5O6. The Kier molecular flexibility index (Phi) is 8.78. The van der Waals surface area contributed by atoms with Crippen molar-refractivity contribution in [2.75, 3.05) is 26.2 Å². The first-order valence-corrected chi connectivity index (χ1v) is 10.8. The predicted molar refractivity (Wildman–Crippen MR) is 111 cm³/mol. The van der Waals surface area contributed by atoms with E-state index in [-0.39, 0.29) is 24.9 Å². The Morgan fingerprint density at radius 2 is 1.61 bits per heavy atom. The van der Waals surface area contributed by atoms with Crippen LogP contribution in [-0.2, 0) is 24.0 Å². The van der Waals surface area contributed by atoms with E-state index >= 15 is 0 Å². The van der Waals surface area contributed by atoms with Crippen molar-refractivity contribution in [1.82, 2.24) is 20.4 Å². The molecule has 2 fully saturated rings. The van der Waals surface area contributed by atoms with E-state index in [0.29, 0.717) is 45.2 Å². The van der Waals surface area contributed by atoms with Gasteiger partial charge in [0.05, 0.1) is 13.1 Å². The highest BCUT2D eigenvalue weighted by atomic mass is 16.4. The molecule has 0 unspecified atom stereocenters. The summed E-state index contributed by atoms with van der Waals surface area (Å²) < 4.78 is 0. The second kappa shape index (κ2) is 11.1. The van der Waals surface area contributed by atoms with Gasteiger partial charge in [0.2, 0.25) is 23.6 Å². The maximum absolute atomic E-state index is 12.8. The Morgan fingerprint density at radius 1 is 1.03 bits per heavy atom. The molecule has 31 heavy (non-hydrogen) atoms. The summed E-state index contributed by atoms with van der Waals surface area (Å²) in [6.07, 6.45) is 2.77. The third kappa shape index (κ3) is 5.93.